The average Bonchev–Trinajstić information content (AvgIpc) is 2.87. The number of benzene rings is 1. The fourth-order valence-electron chi connectivity index (χ4n) is 1.56. The molecule has 0 saturated heterocycles. The number of nitriles is 1. The Kier molecular flexibility index (Phi) is 3.19. The Morgan fingerprint density at radius 1 is 1.40 bits per heavy atom. The molecule has 8 heteroatoms. The number of nitrogens with zero attached hydrogens (tertiary/aromatic N) is 3. The first-order valence-electron chi connectivity index (χ1n) is 5.22. The minimum Gasteiger partial charge on any atom is -0.478 e. The molecule has 0 aliphatic heterocycles. The van der Waals surface area contributed by atoms with Crippen LogP contribution in [0.25, 0.3) is 5.69 Å². The van der Waals surface area contributed by atoms with Gasteiger partial charge in [-0.2, -0.15) is 23.5 Å². The predicted molar refractivity (Wildman–Crippen MR) is 60.2 cm³/mol. The number of hydrogen-bond acceptors (Lipinski definition) is 3. The Morgan fingerprint density at radius 2 is 2.10 bits per heavy atom. The van der Waals surface area contributed by atoms with Gasteiger partial charge in [-0.1, -0.05) is 0 Å². The summed E-state index contributed by atoms with van der Waals surface area (Å²) in [6, 6.07) is 5.23. The molecule has 0 fully saturated rings. The van der Waals surface area contributed by atoms with Gasteiger partial charge in [-0.25, -0.2) is 9.48 Å². The maximum absolute atomic E-state index is 12.5. The fourth-order valence-corrected chi connectivity index (χ4v) is 1.56. The lowest BCUT2D eigenvalue weighted by Gasteiger charge is -2.05. The summed E-state index contributed by atoms with van der Waals surface area (Å²) in [6.45, 7) is 0. The Labute approximate surface area is 110 Å². The molecule has 0 bridgehead atoms. The van der Waals surface area contributed by atoms with Crippen molar-refractivity contribution in [3.63, 3.8) is 0 Å². The molecule has 0 aliphatic rings. The van der Waals surface area contributed by atoms with Crippen LogP contribution in [0.5, 0.6) is 0 Å². The lowest BCUT2D eigenvalue weighted by Crippen LogP contribution is -2.04. The second-order valence-electron chi connectivity index (χ2n) is 3.82. The Hall–Kier alpha value is -2.82. The first-order chi connectivity index (χ1) is 9.32. The van der Waals surface area contributed by atoms with Crippen LogP contribution in [0.3, 0.4) is 0 Å². The first kappa shape index (κ1) is 13.6. The number of rotatable bonds is 2. The van der Waals surface area contributed by atoms with Crippen LogP contribution in [0.1, 0.15) is 21.5 Å². The van der Waals surface area contributed by atoms with Crippen molar-refractivity contribution in [1.29, 1.82) is 5.26 Å². The second-order valence-corrected chi connectivity index (χ2v) is 3.82. The van der Waals surface area contributed by atoms with Crippen molar-refractivity contribution in [3.8, 4) is 11.8 Å². The van der Waals surface area contributed by atoms with Gasteiger partial charge in [0.1, 0.15) is 6.07 Å². The number of alkyl halides is 3. The maximum Gasteiger partial charge on any atom is 0.419 e. The number of carboxylic acids is 1. The van der Waals surface area contributed by atoms with Gasteiger partial charge in [0.2, 0.25) is 0 Å². The van der Waals surface area contributed by atoms with Crippen LogP contribution in [0.4, 0.5) is 13.2 Å². The summed E-state index contributed by atoms with van der Waals surface area (Å²) in [5, 5.41) is 21.3. The molecule has 1 N–H and O–H groups in total. The summed E-state index contributed by atoms with van der Waals surface area (Å²) in [5.41, 5.74) is -1.09. The highest BCUT2D eigenvalue weighted by atomic mass is 19.4. The highest BCUT2D eigenvalue weighted by Gasteiger charge is 2.32. The van der Waals surface area contributed by atoms with E-state index >= 15 is 0 Å². The van der Waals surface area contributed by atoms with Gasteiger partial charge in [0.15, 0.2) is 0 Å². The minimum atomic E-state index is -4.54. The highest BCUT2D eigenvalue weighted by Crippen LogP contribution is 2.29. The second kappa shape index (κ2) is 4.70. The molecule has 1 aromatic heterocycles. The van der Waals surface area contributed by atoms with Crippen LogP contribution in [-0.4, -0.2) is 20.9 Å². The third-order valence-electron chi connectivity index (χ3n) is 2.52. The largest absolute Gasteiger partial charge is 0.478 e. The summed E-state index contributed by atoms with van der Waals surface area (Å²) in [6.07, 6.45) is -3.17. The van der Waals surface area contributed by atoms with Gasteiger partial charge < -0.3 is 5.11 Å². The third-order valence-corrected chi connectivity index (χ3v) is 2.52. The van der Waals surface area contributed by atoms with Crippen LogP contribution in [0.2, 0.25) is 0 Å². The standard InChI is InChI=1S/C12H6F3N3O2/c13-12(14,15)9-5-17-18(6-9)10-2-1-7(11(19)20)3-8(10)4-16/h1-3,5-6H,(H,19,20). The quantitative estimate of drug-likeness (QED) is 0.917. The molecular formula is C12H6F3N3O2. The molecule has 2 rings (SSSR count). The number of carbonyl (C=O) groups is 1. The lowest BCUT2D eigenvalue weighted by atomic mass is 10.1. The number of hydrogen-bond donors (Lipinski definition) is 1. The van der Waals surface area contributed by atoms with E-state index in [0.29, 0.717) is 6.20 Å². The van der Waals surface area contributed by atoms with Gasteiger partial charge >= 0.3 is 12.1 Å². The van der Waals surface area contributed by atoms with Gasteiger partial charge in [-0.05, 0) is 18.2 Å². The molecule has 0 radical (unpaired) electrons. The van der Waals surface area contributed by atoms with E-state index in [1.54, 1.807) is 6.07 Å². The van der Waals surface area contributed by atoms with E-state index in [4.69, 9.17) is 10.4 Å². The number of aromatic carboxylic acids is 1. The predicted octanol–water partition coefficient (Wildman–Crippen LogP) is 2.46. The third kappa shape index (κ3) is 2.47. The Morgan fingerprint density at radius 3 is 2.60 bits per heavy atom. The molecule has 0 atom stereocenters. The van der Waals surface area contributed by atoms with Crippen molar-refractivity contribution in [2.24, 2.45) is 0 Å². The molecule has 0 spiro atoms. The van der Waals surface area contributed by atoms with E-state index in [1.807, 2.05) is 0 Å². The number of aromatic nitrogens is 2. The first-order valence-corrected chi connectivity index (χ1v) is 5.22. The molecule has 102 valence electrons. The van der Waals surface area contributed by atoms with Gasteiger partial charge in [-0.3, -0.25) is 0 Å². The molecular weight excluding hydrogens is 275 g/mol. The van der Waals surface area contributed by atoms with Crippen molar-refractivity contribution < 1.29 is 23.1 Å². The number of halogens is 3. The minimum absolute atomic E-state index is 0.0769. The summed E-state index contributed by atoms with van der Waals surface area (Å²) in [7, 11) is 0. The van der Waals surface area contributed by atoms with E-state index in [1.165, 1.54) is 12.1 Å². The SMILES string of the molecule is N#Cc1cc(C(=O)O)ccc1-n1cc(C(F)(F)F)cn1. The van der Waals surface area contributed by atoms with Gasteiger partial charge in [0, 0.05) is 6.20 Å². The van der Waals surface area contributed by atoms with E-state index in [0.717, 1.165) is 16.9 Å². The normalized spacial score (nSPS) is 11.1. The maximum atomic E-state index is 12.5. The van der Waals surface area contributed by atoms with Crippen molar-refractivity contribution in [1.82, 2.24) is 9.78 Å². The molecule has 20 heavy (non-hydrogen) atoms. The lowest BCUT2D eigenvalue weighted by molar-refractivity contribution is -0.137. The van der Waals surface area contributed by atoms with E-state index in [2.05, 4.69) is 5.10 Å². The van der Waals surface area contributed by atoms with Crippen molar-refractivity contribution in [2.45, 2.75) is 6.18 Å². The monoisotopic (exact) mass is 281 g/mol. The Balaban J connectivity index is 2.51. The topological polar surface area (TPSA) is 78.9 Å². The molecule has 0 aliphatic carbocycles. The van der Waals surface area contributed by atoms with E-state index in [9.17, 15) is 18.0 Å². The molecule has 0 saturated carbocycles. The summed E-state index contributed by atoms with van der Waals surface area (Å²) in [5.74, 6) is -1.23. The van der Waals surface area contributed by atoms with Crippen LogP contribution in [0, 0.1) is 11.3 Å². The summed E-state index contributed by atoms with van der Waals surface area (Å²) >= 11 is 0. The molecule has 1 heterocycles. The fraction of sp³-hybridized carbons (Fsp3) is 0.0833. The van der Waals surface area contributed by atoms with Crippen LogP contribution in [0.15, 0.2) is 30.6 Å². The molecule has 0 unspecified atom stereocenters. The molecule has 5 nitrogen and oxygen atoms in total. The van der Waals surface area contributed by atoms with E-state index in [-0.39, 0.29) is 16.8 Å². The van der Waals surface area contributed by atoms with Gasteiger partial charge in [0.05, 0.1) is 28.6 Å². The van der Waals surface area contributed by atoms with Crippen molar-refractivity contribution in [3.05, 3.63) is 47.3 Å². The summed E-state index contributed by atoms with van der Waals surface area (Å²) in [4.78, 5) is 10.8. The van der Waals surface area contributed by atoms with Crippen molar-refractivity contribution in [2.75, 3.05) is 0 Å². The average molecular weight is 281 g/mol. The molecule has 1 aromatic carbocycles. The number of carboxylic acid groups (broad SMARTS) is 1. The Bertz CT molecular complexity index is 713. The van der Waals surface area contributed by atoms with Crippen LogP contribution in [-0.2, 0) is 6.18 Å². The van der Waals surface area contributed by atoms with E-state index < -0.39 is 17.7 Å². The van der Waals surface area contributed by atoms with Gasteiger partial charge in [-0.15, -0.1) is 0 Å². The van der Waals surface area contributed by atoms with Gasteiger partial charge in [0.25, 0.3) is 0 Å². The molecule has 2 aromatic rings. The molecule has 0 amide bonds. The zero-order valence-corrected chi connectivity index (χ0v) is 9.72. The smallest absolute Gasteiger partial charge is 0.419 e. The zero-order chi connectivity index (χ0) is 14.9. The summed E-state index contributed by atoms with van der Waals surface area (Å²) < 4.78 is 38.3. The zero-order valence-electron chi connectivity index (χ0n) is 9.72. The van der Waals surface area contributed by atoms with Crippen LogP contribution < -0.4 is 0 Å². The van der Waals surface area contributed by atoms with Crippen LogP contribution >= 0.6 is 0 Å². The highest BCUT2D eigenvalue weighted by molar-refractivity contribution is 5.88. The van der Waals surface area contributed by atoms with Crippen molar-refractivity contribution >= 4 is 5.97 Å².